The van der Waals surface area contributed by atoms with Gasteiger partial charge in [0.2, 0.25) is 0 Å². The molecule has 0 fully saturated rings. The molecule has 5 aromatic carbocycles. The van der Waals surface area contributed by atoms with Gasteiger partial charge in [-0.3, -0.25) is 0 Å². The number of benzene rings is 5. The van der Waals surface area contributed by atoms with Crippen LogP contribution in [0.3, 0.4) is 0 Å². The molecule has 5 rings (SSSR count). The maximum atomic E-state index is 13.9. The number of rotatable bonds is 12. The zero-order valence-corrected chi connectivity index (χ0v) is 26.5. The monoisotopic (exact) mass is 720 g/mol. The number of hydrogen-bond acceptors (Lipinski definition) is 4. The lowest BCUT2D eigenvalue weighted by Crippen LogP contribution is -2.15. The van der Waals surface area contributed by atoms with Crippen molar-refractivity contribution in [3.05, 3.63) is 154 Å². The molecule has 0 radical (unpaired) electrons. The third-order valence-corrected chi connectivity index (χ3v) is 7.87. The highest BCUT2D eigenvalue weighted by Gasteiger charge is 2.33. The SMILES string of the molecule is Fc1ccc(CNc2ccc(NCc3ccc(C(F)(F)F)cc3)c(NCc3cccc(C(F)(F)F)c3)c2NCc2ccccc2C(F)(F)F)cc1. The first-order valence-electron chi connectivity index (χ1n) is 15.4. The lowest BCUT2D eigenvalue weighted by Gasteiger charge is -2.24. The van der Waals surface area contributed by atoms with Crippen LogP contribution in [0, 0.1) is 5.82 Å². The summed E-state index contributed by atoms with van der Waals surface area (Å²) in [6, 6.07) is 22.9. The van der Waals surface area contributed by atoms with Crippen LogP contribution in [0.2, 0.25) is 0 Å². The third kappa shape index (κ3) is 9.86. The van der Waals surface area contributed by atoms with Gasteiger partial charge in [-0.05, 0) is 76.9 Å². The van der Waals surface area contributed by atoms with Gasteiger partial charge in [-0.15, -0.1) is 0 Å². The van der Waals surface area contributed by atoms with Crippen molar-refractivity contribution in [3.63, 3.8) is 0 Å². The van der Waals surface area contributed by atoms with Crippen LogP contribution in [0.5, 0.6) is 0 Å². The standard InChI is InChI=1S/C37H30F10N4/c38-29-14-10-24(11-15-29)20-49-32-17-16-31(48-19-23-8-12-27(13-9-23)35(39,40)41)33(50-21-25-4-3-6-28(18-25)36(42,43)44)34(32)51-22-26-5-1-2-7-30(26)37(45,46)47/h1-18,48-51H,19-22H2. The molecule has 0 atom stereocenters. The maximum absolute atomic E-state index is 13.9. The zero-order valence-electron chi connectivity index (χ0n) is 26.5. The Morgan fingerprint density at radius 2 is 0.922 bits per heavy atom. The summed E-state index contributed by atoms with van der Waals surface area (Å²) >= 11 is 0. The van der Waals surface area contributed by atoms with E-state index in [4.69, 9.17) is 0 Å². The van der Waals surface area contributed by atoms with Crippen molar-refractivity contribution in [2.75, 3.05) is 21.3 Å². The molecule has 0 saturated carbocycles. The molecule has 0 spiro atoms. The second-order valence-electron chi connectivity index (χ2n) is 11.5. The Morgan fingerprint density at radius 3 is 1.47 bits per heavy atom. The molecule has 268 valence electrons. The minimum absolute atomic E-state index is 0.0229. The second kappa shape index (κ2) is 15.2. The molecule has 0 bridgehead atoms. The highest BCUT2D eigenvalue weighted by molar-refractivity contribution is 5.91. The van der Waals surface area contributed by atoms with Crippen LogP contribution in [-0.4, -0.2) is 0 Å². The summed E-state index contributed by atoms with van der Waals surface area (Å²) in [5.74, 6) is -0.450. The Labute approximate surface area is 286 Å². The highest BCUT2D eigenvalue weighted by Crippen LogP contribution is 2.40. The number of alkyl halides is 9. The van der Waals surface area contributed by atoms with Crippen LogP contribution in [0.4, 0.5) is 66.7 Å². The van der Waals surface area contributed by atoms with Gasteiger partial charge < -0.3 is 21.3 Å². The van der Waals surface area contributed by atoms with Crippen molar-refractivity contribution in [1.82, 2.24) is 0 Å². The molecule has 0 aromatic heterocycles. The Balaban J connectivity index is 1.53. The van der Waals surface area contributed by atoms with E-state index in [9.17, 15) is 43.9 Å². The van der Waals surface area contributed by atoms with E-state index in [-0.39, 0.29) is 48.7 Å². The Kier molecular flexibility index (Phi) is 11.0. The lowest BCUT2D eigenvalue weighted by molar-refractivity contribution is -0.138. The van der Waals surface area contributed by atoms with Crippen molar-refractivity contribution in [2.45, 2.75) is 44.7 Å². The van der Waals surface area contributed by atoms with Gasteiger partial charge in [0.05, 0.1) is 39.4 Å². The van der Waals surface area contributed by atoms with Crippen LogP contribution in [-0.2, 0) is 44.7 Å². The number of halogens is 10. The quantitative estimate of drug-likeness (QED) is 0.0970. The van der Waals surface area contributed by atoms with Gasteiger partial charge in [-0.1, -0.05) is 54.6 Å². The molecule has 0 aliphatic heterocycles. The van der Waals surface area contributed by atoms with Crippen molar-refractivity contribution in [2.24, 2.45) is 0 Å². The first-order chi connectivity index (χ1) is 24.1. The van der Waals surface area contributed by atoms with Crippen LogP contribution in [0.25, 0.3) is 0 Å². The van der Waals surface area contributed by atoms with Crippen LogP contribution >= 0.6 is 0 Å². The second-order valence-corrected chi connectivity index (χ2v) is 11.5. The van der Waals surface area contributed by atoms with Crippen molar-refractivity contribution >= 4 is 22.7 Å². The van der Waals surface area contributed by atoms with Gasteiger partial charge in [0.1, 0.15) is 5.82 Å². The molecule has 4 N–H and O–H groups in total. The predicted molar refractivity (Wildman–Crippen MR) is 176 cm³/mol. The fourth-order valence-corrected chi connectivity index (χ4v) is 5.26. The van der Waals surface area contributed by atoms with Crippen LogP contribution < -0.4 is 21.3 Å². The van der Waals surface area contributed by atoms with E-state index >= 15 is 0 Å². The summed E-state index contributed by atoms with van der Waals surface area (Å²) in [6.45, 7) is -0.274. The van der Waals surface area contributed by atoms with E-state index < -0.39 is 41.0 Å². The normalized spacial score (nSPS) is 12.0. The summed E-state index contributed by atoms with van der Waals surface area (Å²) in [7, 11) is 0. The van der Waals surface area contributed by atoms with E-state index in [1.807, 2.05) is 0 Å². The zero-order chi connectivity index (χ0) is 36.8. The molecule has 0 unspecified atom stereocenters. The van der Waals surface area contributed by atoms with E-state index in [1.165, 1.54) is 54.6 Å². The minimum atomic E-state index is -4.66. The molecule has 0 amide bonds. The smallest absolute Gasteiger partial charge is 0.379 e. The average molecular weight is 721 g/mol. The maximum Gasteiger partial charge on any atom is 0.416 e. The molecule has 0 aliphatic rings. The third-order valence-electron chi connectivity index (χ3n) is 7.87. The Morgan fingerprint density at radius 1 is 0.412 bits per heavy atom. The molecule has 0 saturated heterocycles. The number of nitrogens with one attached hydrogen (secondary N) is 4. The fraction of sp³-hybridized carbons (Fsp3) is 0.189. The molecular weight excluding hydrogens is 690 g/mol. The first-order valence-corrected chi connectivity index (χ1v) is 15.4. The van der Waals surface area contributed by atoms with Gasteiger partial charge in [0.15, 0.2) is 0 Å². The van der Waals surface area contributed by atoms with Gasteiger partial charge >= 0.3 is 18.5 Å². The summed E-state index contributed by atoms with van der Waals surface area (Å²) < 4.78 is 135. The molecular formula is C37H30F10N4. The van der Waals surface area contributed by atoms with Crippen LogP contribution in [0.15, 0.2) is 109 Å². The Hall–Kier alpha value is -5.40. The van der Waals surface area contributed by atoms with Crippen molar-refractivity contribution in [1.29, 1.82) is 0 Å². The molecule has 0 aliphatic carbocycles. The summed E-state index contributed by atoms with van der Waals surface area (Å²) in [4.78, 5) is 0. The largest absolute Gasteiger partial charge is 0.416 e. The molecule has 14 heteroatoms. The van der Waals surface area contributed by atoms with Gasteiger partial charge in [-0.2, -0.15) is 39.5 Å². The summed E-state index contributed by atoms with van der Waals surface area (Å²) in [5.41, 5.74) is -0.0307. The van der Waals surface area contributed by atoms with Gasteiger partial charge in [-0.25, -0.2) is 4.39 Å². The van der Waals surface area contributed by atoms with Crippen molar-refractivity contribution < 1.29 is 43.9 Å². The molecule has 4 nitrogen and oxygen atoms in total. The molecule has 51 heavy (non-hydrogen) atoms. The fourth-order valence-electron chi connectivity index (χ4n) is 5.26. The number of anilines is 4. The van der Waals surface area contributed by atoms with Gasteiger partial charge in [0.25, 0.3) is 0 Å². The topological polar surface area (TPSA) is 48.1 Å². The minimum Gasteiger partial charge on any atom is -0.379 e. The van der Waals surface area contributed by atoms with E-state index in [1.54, 1.807) is 24.3 Å². The highest BCUT2D eigenvalue weighted by atomic mass is 19.4. The van der Waals surface area contributed by atoms with E-state index in [2.05, 4.69) is 21.3 Å². The van der Waals surface area contributed by atoms with E-state index in [0.717, 1.165) is 30.3 Å². The molecule has 0 heterocycles. The summed E-state index contributed by atoms with van der Waals surface area (Å²) in [5, 5.41) is 12.5. The first kappa shape index (κ1) is 36.9. The van der Waals surface area contributed by atoms with Crippen LogP contribution in [0.1, 0.15) is 38.9 Å². The molecule has 5 aromatic rings. The average Bonchev–Trinajstić information content (AvgIpc) is 3.08. The Bertz CT molecular complexity index is 1920. The van der Waals surface area contributed by atoms with Crippen molar-refractivity contribution in [3.8, 4) is 0 Å². The summed E-state index contributed by atoms with van der Waals surface area (Å²) in [6.07, 6.45) is -13.8. The predicted octanol–water partition coefficient (Wildman–Crippen LogP) is 11.3. The van der Waals surface area contributed by atoms with E-state index in [0.29, 0.717) is 22.5 Å². The van der Waals surface area contributed by atoms with Gasteiger partial charge in [0, 0.05) is 26.2 Å². The lowest BCUT2D eigenvalue weighted by atomic mass is 10.1. The number of hydrogen-bond donors (Lipinski definition) is 4.